The number of nitrogens with one attached hydrogen (secondary N) is 1. The molecule has 2 saturated carbocycles. The molecule has 1 heterocycles. The van der Waals surface area contributed by atoms with Crippen molar-refractivity contribution in [1.29, 1.82) is 0 Å². The van der Waals surface area contributed by atoms with Gasteiger partial charge >= 0.3 is 0 Å². The molecule has 4 atom stereocenters. The van der Waals surface area contributed by atoms with Crippen molar-refractivity contribution in [1.82, 2.24) is 10.2 Å². The van der Waals surface area contributed by atoms with Crippen LogP contribution in [0.15, 0.2) is 36.4 Å². The average Bonchev–Trinajstić information content (AvgIpc) is 3.56. The Morgan fingerprint density at radius 2 is 1.94 bits per heavy atom. The third-order valence-electron chi connectivity index (χ3n) is 8.83. The summed E-state index contributed by atoms with van der Waals surface area (Å²) >= 11 is 12.1. The van der Waals surface area contributed by atoms with Gasteiger partial charge in [0.05, 0.1) is 15.6 Å². The highest BCUT2D eigenvalue weighted by Crippen LogP contribution is 2.62. The number of carbonyl (C=O) groups excluding carboxylic acids is 1. The average molecular weight is 501 g/mol. The Balaban J connectivity index is 1.29. The number of aromatic hydroxyl groups is 1. The van der Waals surface area contributed by atoms with Crippen molar-refractivity contribution in [2.75, 3.05) is 13.1 Å². The van der Waals surface area contributed by atoms with E-state index in [2.05, 4.69) is 10.2 Å². The van der Waals surface area contributed by atoms with E-state index in [9.17, 15) is 15.0 Å². The highest BCUT2D eigenvalue weighted by molar-refractivity contribution is 6.42. The summed E-state index contributed by atoms with van der Waals surface area (Å²) in [7, 11) is 0. The van der Waals surface area contributed by atoms with Gasteiger partial charge < -0.3 is 15.5 Å². The van der Waals surface area contributed by atoms with Crippen LogP contribution in [0.25, 0.3) is 0 Å². The summed E-state index contributed by atoms with van der Waals surface area (Å²) in [6.07, 6.45) is 5.16. The monoisotopic (exact) mass is 500 g/mol. The Bertz CT molecular complexity index is 1150. The van der Waals surface area contributed by atoms with E-state index in [1.165, 1.54) is 18.4 Å². The van der Waals surface area contributed by atoms with Crippen molar-refractivity contribution < 1.29 is 15.0 Å². The van der Waals surface area contributed by atoms with Crippen LogP contribution in [-0.4, -0.2) is 45.8 Å². The van der Waals surface area contributed by atoms with Crippen LogP contribution in [0.2, 0.25) is 10.0 Å². The van der Waals surface area contributed by atoms with Crippen LogP contribution < -0.4 is 5.32 Å². The molecule has 2 bridgehead atoms. The molecule has 2 aromatic rings. The Labute approximate surface area is 210 Å². The van der Waals surface area contributed by atoms with Gasteiger partial charge in [0, 0.05) is 30.5 Å². The van der Waals surface area contributed by atoms with Gasteiger partial charge in [0.2, 0.25) is 5.91 Å². The standard InChI is InChI=1S/C27H30Cl2N2O3/c28-22-6-3-17(9-23(22)29)14-30-25(33)19-12-26-7-8-31(15-16-1-2-16)24(27(26,34)13-19)10-18-4-5-20(32)11-21(18)26/h3-6,9,11,16,19,24,32,34H,1-2,7-8,10,12-15H2,(H,30,33)/t19-,24-,26-,27-/m1/s1. The number of hydrogen-bond acceptors (Lipinski definition) is 4. The topological polar surface area (TPSA) is 72.8 Å². The molecule has 0 unspecified atom stereocenters. The Kier molecular flexibility index (Phi) is 5.41. The number of hydrogen-bond donors (Lipinski definition) is 3. The summed E-state index contributed by atoms with van der Waals surface area (Å²) in [6, 6.07) is 11.0. The minimum atomic E-state index is -0.980. The molecule has 4 aliphatic rings. The largest absolute Gasteiger partial charge is 0.508 e. The molecular formula is C27H30Cl2N2O3. The smallest absolute Gasteiger partial charge is 0.223 e. The van der Waals surface area contributed by atoms with E-state index in [1.54, 1.807) is 18.2 Å². The predicted molar refractivity (Wildman–Crippen MR) is 132 cm³/mol. The van der Waals surface area contributed by atoms with Crippen molar-refractivity contribution in [2.45, 2.75) is 62.1 Å². The highest BCUT2D eigenvalue weighted by Gasteiger charge is 2.68. The number of halogens is 2. The minimum Gasteiger partial charge on any atom is -0.508 e. The zero-order valence-electron chi connectivity index (χ0n) is 19.1. The first-order chi connectivity index (χ1) is 16.3. The lowest BCUT2D eigenvalue weighted by molar-refractivity contribution is -0.134. The molecule has 0 radical (unpaired) electrons. The summed E-state index contributed by atoms with van der Waals surface area (Å²) in [5.74, 6) is 0.639. The lowest BCUT2D eigenvalue weighted by Crippen LogP contribution is -2.69. The van der Waals surface area contributed by atoms with Gasteiger partial charge in [-0.05, 0) is 91.9 Å². The third kappa shape index (κ3) is 3.55. The normalized spacial score (nSPS) is 32.2. The van der Waals surface area contributed by atoms with Crippen molar-refractivity contribution >= 4 is 29.1 Å². The minimum absolute atomic E-state index is 0.00626. The molecule has 1 saturated heterocycles. The lowest BCUT2D eigenvalue weighted by Gasteiger charge is -2.59. The molecule has 3 aliphatic carbocycles. The first kappa shape index (κ1) is 22.7. The maximum atomic E-state index is 13.3. The number of nitrogens with zero attached hydrogens (tertiary/aromatic N) is 1. The number of piperidine rings is 1. The van der Waals surface area contributed by atoms with Gasteiger partial charge in [-0.2, -0.15) is 0 Å². The van der Waals surface area contributed by atoms with Crippen molar-refractivity contribution in [3.63, 3.8) is 0 Å². The van der Waals surface area contributed by atoms with Gasteiger partial charge in [0.1, 0.15) is 5.75 Å². The van der Waals surface area contributed by atoms with Gasteiger partial charge in [0.25, 0.3) is 0 Å². The maximum Gasteiger partial charge on any atom is 0.223 e. The zero-order valence-corrected chi connectivity index (χ0v) is 20.6. The van der Waals surface area contributed by atoms with Crippen LogP contribution in [0.5, 0.6) is 5.75 Å². The van der Waals surface area contributed by atoms with Crippen molar-refractivity contribution in [3.05, 3.63) is 63.1 Å². The fourth-order valence-corrected chi connectivity index (χ4v) is 7.32. The molecule has 180 valence electrons. The quantitative estimate of drug-likeness (QED) is 0.567. The van der Waals surface area contributed by atoms with Crippen LogP contribution >= 0.6 is 23.2 Å². The fourth-order valence-electron chi connectivity index (χ4n) is 7.00. The Morgan fingerprint density at radius 3 is 2.71 bits per heavy atom. The van der Waals surface area contributed by atoms with Crippen LogP contribution in [0, 0.1) is 11.8 Å². The number of phenols is 1. The van der Waals surface area contributed by atoms with Crippen molar-refractivity contribution in [2.24, 2.45) is 11.8 Å². The summed E-state index contributed by atoms with van der Waals surface area (Å²) in [5.41, 5.74) is 1.64. The predicted octanol–water partition coefficient (Wildman–Crippen LogP) is 4.43. The summed E-state index contributed by atoms with van der Waals surface area (Å²) in [5, 5.41) is 26.7. The summed E-state index contributed by atoms with van der Waals surface area (Å²) in [6.45, 7) is 2.33. The number of fused-ring (bicyclic) bond motifs is 1. The molecule has 34 heavy (non-hydrogen) atoms. The molecule has 3 fully saturated rings. The molecule has 1 aliphatic heterocycles. The number of rotatable bonds is 5. The first-order valence-electron chi connectivity index (χ1n) is 12.3. The van der Waals surface area contributed by atoms with E-state index in [4.69, 9.17) is 23.2 Å². The van der Waals surface area contributed by atoms with E-state index in [1.807, 2.05) is 18.2 Å². The third-order valence-corrected chi connectivity index (χ3v) is 9.57. The second-order valence-electron chi connectivity index (χ2n) is 10.8. The highest BCUT2D eigenvalue weighted by atomic mass is 35.5. The summed E-state index contributed by atoms with van der Waals surface area (Å²) < 4.78 is 0. The van der Waals surface area contributed by atoms with E-state index in [0.29, 0.717) is 29.4 Å². The molecule has 3 N–H and O–H groups in total. The van der Waals surface area contributed by atoms with Gasteiger partial charge in [-0.1, -0.05) is 35.3 Å². The second-order valence-corrected chi connectivity index (χ2v) is 11.6. The Morgan fingerprint density at radius 1 is 1.12 bits per heavy atom. The van der Waals surface area contributed by atoms with Crippen LogP contribution in [0.3, 0.4) is 0 Å². The zero-order chi connectivity index (χ0) is 23.7. The van der Waals surface area contributed by atoms with Crippen LogP contribution in [0.4, 0.5) is 0 Å². The maximum absolute atomic E-state index is 13.3. The Hall–Kier alpha value is -1.79. The molecule has 5 nitrogen and oxygen atoms in total. The molecule has 1 amide bonds. The van der Waals surface area contributed by atoms with E-state index < -0.39 is 11.0 Å². The van der Waals surface area contributed by atoms with Gasteiger partial charge in [-0.15, -0.1) is 0 Å². The van der Waals surface area contributed by atoms with E-state index in [0.717, 1.165) is 43.0 Å². The number of carbonyl (C=O) groups is 1. The van der Waals surface area contributed by atoms with Crippen LogP contribution in [-0.2, 0) is 23.2 Å². The van der Waals surface area contributed by atoms with Gasteiger partial charge in [-0.3, -0.25) is 9.69 Å². The molecule has 0 spiro atoms. The number of phenolic OH excluding ortho intramolecular Hbond substituents is 1. The molecule has 0 aromatic heterocycles. The summed E-state index contributed by atoms with van der Waals surface area (Å²) in [4.78, 5) is 15.8. The number of aliphatic hydroxyl groups is 1. The number of benzene rings is 2. The van der Waals surface area contributed by atoms with E-state index >= 15 is 0 Å². The SMILES string of the molecule is O=C(NCc1ccc(Cl)c(Cl)c1)[C@@H]1C[C@]23CCN(CC4CC4)[C@H](Cc4ccc(O)cc42)[C@]3(O)C1. The van der Waals surface area contributed by atoms with Gasteiger partial charge in [0.15, 0.2) is 0 Å². The molecular weight excluding hydrogens is 471 g/mol. The number of likely N-dealkylation sites (tertiary alicyclic amines) is 1. The lowest BCUT2D eigenvalue weighted by atomic mass is 9.56. The van der Waals surface area contributed by atoms with Crippen molar-refractivity contribution in [3.8, 4) is 5.75 Å². The molecule has 2 aromatic carbocycles. The number of amides is 1. The van der Waals surface area contributed by atoms with E-state index in [-0.39, 0.29) is 23.6 Å². The molecule has 6 rings (SSSR count). The fraction of sp³-hybridized carbons (Fsp3) is 0.519. The van der Waals surface area contributed by atoms with Crippen LogP contribution in [0.1, 0.15) is 48.8 Å². The first-order valence-corrected chi connectivity index (χ1v) is 13.1. The second kappa shape index (κ2) is 8.12. The molecule has 7 heteroatoms. The van der Waals surface area contributed by atoms with Gasteiger partial charge in [-0.25, -0.2) is 0 Å².